The summed E-state index contributed by atoms with van der Waals surface area (Å²) in [6, 6.07) is 7.49. The van der Waals surface area contributed by atoms with Crippen molar-refractivity contribution in [3.63, 3.8) is 0 Å². The van der Waals surface area contributed by atoms with E-state index in [1.807, 2.05) is 38.1 Å². The highest BCUT2D eigenvalue weighted by Gasteiger charge is 2.27. The Hall–Kier alpha value is -2.43. The van der Waals surface area contributed by atoms with Gasteiger partial charge in [-0.15, -0.1) is 0 Å². The van der Waals surface area contributed by atoms with Crippen LogP contribution in [0.25, 0.3) is 11.4 Å². The van der Waals surface area contributed by atoms with Crippen LogP contribution in [-0.4, -0.2) is 22.3 Å². The van der Waals surface area contributed by atoms with Crippen molar-refractivity contribution < 1.29 is 4.74 Å². The third-order valence-corrected chi connectivity index (χ3v) is 3.92. The van der Waals surface area contributed by atoms with E-state index in [9.17, 15) is 4.79 Å². The van der Waals surface area contributed by atoms with Crippen LogP contribution in [0.1, 0.15) is 50.9 Å². The number of fused-ring (bicyclic) bond motifs is 1. The monoisotopic (exact) mass is 311 g/mol. The fourth-order valence-electron chi connectivity index (χ4n) is 2.94. The molecule has 5 heteroatoms. The molecular weight excluding hydrogens is 290 g/mol. The molecule has 1 N–H and O–H groups in total. The van der Waals surface area contributed by atoms with Gasteiger partial charge < -0.3 is 9.72 Å². The van der Waals surface area contributed by atoms with Crippen molar-refractivity contribution in [1.82, 2.24) is 9.97 Å². The first-order valence-corrected chi connectivity index (χ1v) is 8.09. The van der Waals surface area contributed by atoms with E-state index in [4.69, 9.17) is 9.72 Å². The molecule has 0 bridgehead atoms. The summed E-state index contributed by atoms with van der Waals surface area (Å²) in [6.07, 6.45) is 1.81. The van der Waals surface area contributed by atoms with Crippen LogP contribution in [0.15, 0.2) is 34.1 Å². The summed E-state index contributed by atoms with van der Waals surface area (Å²) in [6.45, 7) is 6.53. The highest BCUT2D eigenvalue weighted by atomic mass is 16.5. The van der Waals surface area contributed by atoms with E-state index in [1.165, 1.54) is 0 Å². The van der Waals surface area contributed by atoms with E-state index in [0.717, 1.165) is 35.6 Å². The van der Waals surface area contributed by atoms with Gasteiger partial charge >= 0.3 is 0 Å². The maximum atomic E-state index is 12.5. The number of H-pyrrole nitrogens is 1. The van der Waals surface area contributed by atoms with Gasteiger partial charge in [0.15, 0.2) is 0 Å². The predicted octanol–water partition coefficient (Wildman–Crippen LogP) is 3.50. The fourth-order valence-corrected chi connectivity index (χ4v) is 2.94. The van der Waals surface area contributed by atoms with Crippen LogP contribution in [0, 0.1) is 0 Å². The Bertz CT molecular complexity index is 808. The minimum absolute atomic E-state index is 0.112. The molecule has 1 aliphatic heterocycles. The van der Waals surface area contributed by atoms with E-state index in [-0.39, 0.29) is 11.6 Å². The molecule has 1 unspecified atom stereocenters. The Morgan fingerprint density at radius 3 is 2.78 bits per heavy atom. The van der Waals surface area contributed by atoms with Crippen LogP contribution in [0.5, 0.6) is 5.75 Å². The van der Waals surface area contributed by atoms with Gasteiger partial charge in [0.25, 0.3) is 5.56 Å². The normalized spacial score (nSPS) is 16.1. The molecule has 1 aromatic carbocycles. The van der Waals surface area contributed by atoms with Crippen molar-refractivity contribution >= 4 is 5.71 Å². The fraction of sp³-hybridized carbons (Fsp3) is 0.389. The number of hydrogen-bond donors (Lipinski definition) is 1. The molecule has 0 radical (unpaired) electrons. The first-order valence-electron chi connectivity index (χ1n) is 8.09. The zero-order chi connectivity index (χ0) is 16.4. The summed E-state index contributed by atoms with van der Waals surface area (Å²) in [4.78, 5) is 24.7. The summed E-state index contributed by atoms with van der Waals surface area (Å²) < 4.78 is 5.65. The highest BCUT2D eigenvalue weighted by molar-refractivity contribution is 6.02. The molecular formula is C18H21N3O2. The molecule has 1 aromatic heterocycles. The van der Waals surface area contributed by atoms with Gasteiger partial charge in [-0.3, -0.25) is 9.79 Å². The number of aromatic amines is 1. The first kappa shape index (κ1) is 15.5. The van der Waals surface area contributed by atoms with E-state index in [1.54, 1.807) is 0 Å². The Morgan fingerprint density at radius 1 is 1.26 bits per heavy atom. The van der Waals surface area contributed by atoms with E-state index < -0.39 is 0 Å². The van der Waals surface area contributed by atoms with Crippen LogP contribution in [0.2, 0.25) is 0 Å². The number of rotatable bonds is 5. The molecule has 2 aromatic rings. The molecule has 1 atom stereocenters. The van der Waals surface area contributed by atoms with Gasteiger partial charge in [-0.1, -0.05) is 25.5 Å². The van der Waals surface area contributed by atoms with E-state index >= 15 is 0 Å². The molecule has 0 spiro atoms. The molecule has 0 fully saturated rings. The maximum absolute atomic E-state index is 12.5. The van der Waals surface area contributed by atoms with Crippen LogP contribution < -0.4 is 10.3 Å². The number of aromatic nitrogens is 2. The predicted molar refractivity (Wildman–Crippen MR) is 91.3 cm³/mol. The van der Waals surface area contributed by atoms with E-state index in [2.05, 4.69) is 16.9 Å². The standard InChI is InChI=1S/C18H21N3O2/c1-4-8-13-16-15(11(3)19-13)18(22)21-17(20-16)12-9-6-7-10-14(12)23-5-2/h6-7,9-11H,4-5,8H2,1-3H3,(H,20,21,22). The van der Waals surface area contributed by atoms with Gasteiger partial charge in [-0.2, -0.15) is 0 Å². The van der Waals surface area contributed by atoms with Gasteiger partial charge in [0, 0.05) is 0 Å². The summed E-state index contributed by atoms with van der Waals surface area (Å²) in [5.74, 6) is 1.26. The molecule has 5 nitrogen and oxygen atoms in total. The minimum Gasteiger partial charge on any atom is -0.493 e. The summed E-state index contributed by atoms with van der Waals surface area (Å²) in [5, 5.41) is 0. The lowest BCUT2D eigenvalue weighted by molar-refractivity contribution is 0.341. The molecule has 0 saturated heterocycles. The number of nitrogens with zero attached hydrogens (tertiary/aromatic N) is 2. The third kappa shape index (κ3) is 2.79. The first-order chi connectivity index (χ1) is 11.2. The number of ether oxygens (including phenoxy) is 1. The van der Waals surface area contributed by atoms with Crippen LogP contribution in [0.4, 0.5) is 0 Å². The van der Waals surface area contributed by atoms with Gasteiger partial charge in [0.2, 0.25) is 0 Å². The van der Waals surface area contributed by atoms with Crippen LogP contribution >= 0.6 is 0 Å². The van der Waals surface area contributed by atoms with Crippen molar-refractivity contribution in [2.75, 3.05) is 6.61 Å². The summed E-state index contributed by atoms with van der Waals surface area (Å²) >= 11 is 0. The largest absolute Gasteiger partial charge is 0.493 e. The molecule has 0 aliphatic carbocycles. The van der Waals surface area contributed by atoms with Crippen molar-refractivity contribution in [3.8, 4) is 17.1 Å². The lowest BCUT2D eigenvalue weighted by Crippen LogP contribution is -2.19. The SMILES string of the molecule is CCCC1=NC(C)c2c1nc(-c1ccccc1OCC)[nH]c2=O. The van der Waals surface area contributed by atoms with Gasteiger partial charge in [0.1, 0.15) is 11.6 Å². The van der Waals surface area contributed by atoms with Crippen LogP contribution in [-0.2, 0) is 0 Å². The average molecular weight is 311 g/mol. The lowest BCUT2D eigenvalue weighted by atomic mass is 10.1. The molecule has 2 heterocycles. The van der Waals surface area contributed by atoms with Crippen molar-refractivity contribution in [2.24, 2.45) is 4.99 Å². The van der Waals surface area contributed by atoms with E-state index in [0.29, 0.717) is 18.0 Å². The maximum Gasteiger partial charge on any atom is 0.257 e. The number of benzene rings is 1. The van der Waals surface area contributed by atoms with Crippen molar-refractivity contribution in [1.29, 1.82) is 0 Å². The Morgan fingerprint density at radius 2 is 2.04 bits per heavy atom. The smallest absolute Gasteiger partial charge is 0.257 e. The minimum atomic E-state index is -0.126. The zero-order valence-corrected chi connectivity index (χ0v) is 13.7. The second kappa shape index (κ2) is 6.36. The Labute approximate surface area is 135 Å². The van der Waals surface area contributed by atoms with Crippen molar-refractivity contribution in [3.05, 3.63) is 45.9 Å². The molecule has 0 saturated carbocycles. The van der Waals surface area contributed by atoms with Gasteiger partial charge in [-0.25, -0.2) is 4.98 Å². The third-order valence-electron chi connectivity index (χ3n) is 3.92. The quantitative estimate of drug-likeness (QED) is 0.919. The molecule has 0 amide bonds. The number of hydrogen-bond acceptors (Lipinski definition) is 4. The number of para-hydroxylation sites is 1. The highest BCUT2D eigenvalue weighted by Crippen LogP contribution is 2.31. The topological polar surface area (TPSA) is 67.3 Å². The Kier molecular flexibility index (Phi) is 4.28. The molecule has 23 heavy (non-hydrogen) atoms. The molecule has 1 aliphatic rings. The average Bonchev–Trinajstić information content (AvgIpc) is 2.85. The summed E-state index contributed by atoms with van der Waals surface area (Å²) in [5.41, 5.74) is 3.02. The second-order valence-electron chi connectivity index (χ2n) is 5.61. The molecule has 120 valence electrons. The Balaban J connectivity index is 2.14. The molecule has 3 rings (SSSR count). The second-order valence-corrected chi connectivity index (χ2v) is 5.61. The zero-order valence-electron chi connectivity index (χ0n) is 13.7. The number of nitrogens with one attached hydrogen (secondary N) is 1. The summed E-state index contributed by atoms with van der Waals surface area (Å²) in [7, 11) is 0. The van der Waals surface area contributed by atoms with Crippen molar-refractivity contribution in [2.45, 2.75) is 39.7 Å². The van der Waals surface area contributed by atoms with Crippen LogP contribution in [0.3, 0.4) is 0 Å². The van der Waals surface area contributed by atoms with Gasteiger partial charge in [0.05, 0.1) is 35.2 Å². The van der Waals surface area contributed by atoms with Gasteiger partial charge in [-0.05, 0) is 32.4 Å². The number of aliphatic imine (C=N–C) groups is 1. The lowest BCUT2D eigenvalue weighted by Gasteiger charge is -2.11.